The van der Waals surface area contributed by atoms with Gasteiger partial charge in [-0.15, -0.1) is 5.10 Å². The van der Waals surface area contributed by atoms with Crippen molar-refractivity contribution in [3.8, 4) is 0 Å². The Labute approximate surface area is 134 Å². The second-order valence-corrected chi connectivity index (χ2v) is 5.44. The SMILES string of the molecule is Cc1cccc(C(=O)NCCn2cc(C(=O)O)nn2)c1I. The first-order chi connectivity index (χ1) is 9.99. The van der Waals surface area contributed by atoms with Crippen molar-refractivity contribution >= 4 is 34.5 Å². The standard InChI is InChI=1S/C13H13IN4O3/c1-8-3-2-4-9(11(8)14)12(19)15-5-6-18-7-10(13(20)21)16-17-18/h2-4,7H,5-6H2,1H3,(H,15,19)(H,20,21). The Bertz CT molecular complexity index is 684. The van der Waals surface area contributed by atoms with Crippen LogP contribution >= 0.6 is 22.6 Å². The third-order valence-electron chi connectivity index (χ3n) is 2.82. The molecule has 0 radical (unpaired) electrons. The van der Waals surface area contributed by atoms with E-state index in [1.165, 1.54) is 10.9 Å². The molecule has 1 aromatic carbocycles. The van der Waals surface area contributed by atoms with Crippen molar-refractivity contribution in [1.82, 2.24) is 20.3 Å². The second kappa shape index (κ2) is 6.66. The lowest BCUT2D eigenvalue weighted by atomic mass is 10.1. The van der Waals surface area contributed by atoms with E-state index in [4.69, 9.17) is 5.11 Å². The van der Waals surface area contributed by atoms with Crippen LogP contribution in [0.1, 0.15) is 26.4 Å². The topological polar surface area (TPSA) is 97.1 Å². The molecule has 1 heterocycles. The van der Waals surface area contributed by atoms with Crippen molar-refractivity contribution in [2.24, 2.45) is 0 Å². The third-order valence-corrected chi connectivity index (χ3v) is 4.25. The van der Waals surface area contributed by atoms with Crippen molar-refractivity contribution in [1.29, 1.82) is 0 Å². The molecule has 2 N–H and O–H groups in total. The number of carboxylic acid groups (broad SMARTS) is 1. The summed E-state index contributed by atoms with van der Waals surface area (Å²) in [6.07, 6.45) is 1.32. The average molecular weight is 400 g/mol. The molecule has 110 valence electrons. The van der Waals surface area contributed by atoms with Crippen LogP contribution < -0.4 is 5.32 Å². The first kappa shape index (κ1) is 15.4. The zero-order valence-electron chi connectivity index (χ0n) is 11.2. The number of aromatic nitrogens is 3. The Morgan fingerprint density at radius 1 is 1.43 bits per heavy atom. The van der Waals surface area contributed by atoms with E-state index in [2.05, 4.69) is 38.2 Å². The van der Waals surface area contributed by atoms with Gasteiger partial charge in [-0.05, 0) is 41.1 Å². The summed E-state index contributed by atoms with van der Waals surface area (Å²) in [5.41, 5.74) is 1.56. The van der Waals surface area contributed by atoms with Crippen molar-refractivity contribution < 1.29 is 14.7 Å². The number of rotatable bonds is 5. The Hall–Kier alpha value is -1.97. The molecule has 2 rings (SSSR count). The lowest BCUT2D eigenvalue weighted by molar-refractivity contribution is 0.0690. The van der Waals surface area contributed by atoms with Gasteiger partial charge in [-0.1, -0.05) is 17.3 Å². The molecule has 0 saturated carbocycles. The van der Waals surface area contributed by atoms with E-state index in [-0.39, 0.29) is 11.6 Å². The molecule has 0 aliphatic heterocycles. The summed E-state index contributed by atoms with van der Waals surface area (Å²) in [7, 11) is 0. The van der Waals surface area contributed by atoms with E-state index < -0.39 is 5.97 Å². The van der Waals surface area contributed by atoms with Gasteiger partial charge in [-0.25, -0.2) is 9.48 Å². The van der Waals surface area contributed by atoms with E-state index in [0.717, 1.165) is 9.13 Å². The number of aryl methyl sites for hydroxylation is 1. The van der Waals surface area contributed by atoms with Crippen LogP contribution in [-0.2, 0) is 6.54 Å². The molecule has 8 heteroatoms. The van der Waals surface area contributed by atoms with Crippen LogP contribution in [0.2, 0.25) is 0 Å². The van der Waals surface area contributed by atoms with Gasteiger partial charge in [-0.3, -0.25) is 4.79 Å². The lowest BCUT2D eigenvalue weighted by Crippen LogP contribution is -2.28. The molecule has 1 aromatic heterocycles. The summed E-state index contributed by atoms with van der Waals surface area (Å²) >= 11 is 2.14. The van der Waals surface area contributed by atoms with Crippen molar-refractivity contribution in [3.63, 3.8) is 0 Å². The van der Waals surface area contributed by atoms with Gasteiger partial charge in [-0.2, -0.15) is 0 Å². The summed E-state index contributed by atoms with van der Waals surface area (Å²) in [6.45, 7) is 2.64. The van der Waals surface area contributed by atoms with Gasteiger partial charge in [0.2, 0.25) is 0 Å². The van der Waals surface area contributed by atoms with Crippen LogP contribution in [0.4, 0.5) is 0 Å². The van der Waals surface area contributed by atoms with E-state index in [1.54, 1.807) is 6.07 Å². The van der Waals surface area contributed by atoms with Gasteiger partial charge >= 0.3 is 5.97 Å². The van der Waals surface area contributed by atoms with E-state index in [1.807, 2.05) is 19.1 Å². The minimum Gasteiger partial charge on any atom is -0.476 e. The molecule has 0 unspecified atom stereocenters. The smallest absolute Gasteiger partial charge is 0.358 e. The van der Waals surface area contributed by atoms with Crippen LogP contribution in [0, 0.1) is 10.5 Å². The van der Waals surface area contributed by atoms with Crippen LogP contribution in [-0.4, -0.2) is 38.5 Å². The minimum absolute atomic E-state index is 0.116. The number of amides is 1. The maximum absolute atomic E-state index is 12.1. The zero-order chi connectivity index (χ0) is 15.4. The normalized spacial score (nSPS) is 10.4. The summed E-state index contributed by atoms with van der Waals surface area (Å²) < 4.78 is 2.30. The molecule has 0 spiro atoms. The van der Waals surface area contributed by atoms with Crippen LogP contribution in [0.15, 0.2) is 24.4 Å². The van der Waals surface area contributed by atoms with Crippen molar-refractivity contribution in [2.45, 2.75) is 13.5 Å². The Balaban J connectivity index is 1.92. The number of carbonyl (C=O) groups is 2. The average Bonchev–Trinajstić information content (AvgIpc) is 2.91. The Morgan fingerprint density at radius 2 is 2.19 bits per heavy atom. The number of halogens is 1. The lowest BCUT2D eigenvalue weighted by Gasteiger charge is -2.08. The highest BCUT2D eigenvalue weighted by Gasteiger charge is 2.11. The van der Waals surface area contributed by atoms with Gasteiger partial charge in [0.25, 0.3) is 5.91 Å². The predicted octanol–water partition coefficient (Wildman–Crippen LogP) is 1.32. The first-order valence-electron chi connectivity index (χ1n) is 6.16. The number of hydrogen-bond donors (Lipinski definition) is 2. The van der Waals surface area contributed by atoms with Gasteiger partial charge in [0.15, 0.2) is 5.69 Å². The molecule has 0 atom stereocenters. The van der Waals surface area contributed by atoms with Gasteiger partial charge in [0, 0.05) is 10.1 Å². The molecule has 21 heavy (non-hydrogen) atoms. The number of nitrogens with zero attached hydrogens (tertiary/aromatic N) is 3. The highest BCUT2D eigenvalue weighted by Crippen LogP contribution is 2.16. The molecule has 2 aromatic rings. The number of benzene rings is 1. The van der Waals surface area contributed by atoms with E-state index >= 15 is 0 Å². The summed E-state index contributed by atoms with van der Waals surface area (Å²) in [5.74, 6) is -1.29. The third kappa shape index (κ3) is 3.78. The number of nitrogens with one attached hydrogen (secondary N) is 1. The maximum atomic E-state index is 12.1. The van der Waals surface area contributed by atoms with Crippen molar-refractivity contribution in [2.75, 3.05) is 6.54 Å². The minimum atomic E-state index is -1.13. The van der Waals surface area contributed by atoms with Crippen LogP contribution in [0.3, 0.4) is 0 Å². The quantitative estimate of drug-likeness (QED) is 0.739. The largest absolute Gasteiger partial charge is 0.476 e. The fourth-order valence-electron chi connectivity index (χ4n) is 1.71. The molecule has 0 saturated heterocycles. The first-order valence-corrected chi connectivity index (χ1v) is 7.23. The Morgan fingerprint density at radius 3 is 2.86 bits per heavy atom. The molecule has 7 nitrogen and oxygen atoms in total. The highest BCUT2D eigenvalue weighted by molar-refractivity contribution is 14.1. The fraction of sp³-hybridized carbons (Fsp3) is 0.231. The molecule has 0 aliphatic carbocycles. The van der Waals surface area contributed by atoms with Crippen molar-refractivity contribution in [3.05, 3.63) is 44.8 Å². The van der Waals surface area contributed by atoms with E-state index in [0.29, 0.717) is 18.7 Å². The molecule has 0 bridgehead atoms. The number of carboxylic acids is 1. The monoisotopic (exact) mass is 400 g/mol. The van der Waals surface area contributed by atoms with Crippen LogP contribution in [0.5, 0.6) is 0 Å². The molecular weight excluding hydrogens is 387 g/mol. The molecule has 0 aliphatic rings. The number of hydrogen-bond acceptors (Lipinski definition) is 4. The summed E-state index contributed by atoms with van der Waals surface area (Å²) in [6, 6.07) is 5.55. The van der Waals surface area contributed by atoms with Gasteiger partial charge in [0.05, 0.1) is 18.3 Å². The van der Waals surface area contributed by atoms with Crippen LogP contribution in [0.25, 0.3) is 0 Å². The maximum Gasteiger partial charge on any atom is 0.358 e. The molecule has 0 fully saturated rings. The highest BCUT2D eigenvalue weighted by atomic mass is 127. The van der Waals surface area contributed by atoms with Gasteiger partial charge in [0.1, 0.15) is 0 Å². The summed E-state index contributed by atoms with van der Waals surface area (Å²) in [4.78, 5) is 22.7. The molecule has 1 amide bonds. The zero-order valence-corrected chi connectivity index (χ0v) is 13.4. The fourth-order valence-corrected chi connectivity index (χ4v) is 2.31. The van der Waals surface area contributed by atoms with E-state index in [9.17, 15) is 9.59 Å². The second-order valence-electron chi connectivity index (χ2n) is 4.36. The molecular formula is C13H13IN4O3. The summed E-state index contributed by atoms with van der Waals surface area (Å²) in [5, 5.41) is 18.7. The van der Waals surface area contributed by atoms with Gasteiger partial charge < -0.3 is 10.4 Å². The predicted molar refractivity (Wildman–Crippen MR) is 83.2 cm³/mol. The number of aromatic carboxylic acids is 1. The Kier molecular flexibility index (Phi) is 4.89. The number of carbonyl (C=O) groups excluding carboxylic acids is 1.